The number of hydrogen-bond acceptors (Lipinski definition) is 4. The van der Waals surface area contributed by atoms with Crippen molar-refractivity contribution in [3.63, 3.8) is 0 Å². The summed E-state index contributed by atoms with van der Waals surface area (Å²) in [6, 6.07) is 0. The highest BCUT2D eigenvalue weighted by Gasteiger charge is 2.13. The summed E-state index contributed by atoms with van der Waals surface area (Å²) in [6.07, 6.45) is 12.2. The van der Waals surface area contributed by atoms with Crippen molar-refractivity contribution in [2.24, 2.45) is 7.05 Å². The summed E-state index contributed by atoms with van der Waals surface area (Å²) in [5.41, 5.74) is 0.917. The zero-order valence-corrected chi connectivity index (χ0v) is 13.2. The van der Waals surface area contributed by atoms with Crippen LogP contribution in [0.2, 0.25) is 0 Å². The fourth-order valence-corrected chi connectivity index (χ4v) is 2.38. The smallest absolute Gasteiger partial charge is 0.219 e. The Balaban J connectivity index is 1.75. The van der Waals surface area contributed by atoms with E-state index in [1.165, 1.54) is 0 Å². The molecule has 3 aromatic heterocycles. The van der Waals surface area contributed by atoms with Gasteiger partial charge in [0.1, 0.15) is 0 Å². The number of aryl methyl sites for hydroxylation is 2. The Morgan fingerprint density at radius 1 is 1.22 bits per heavy atom. The molecule has 8 nitrogen and oxygen atoms in total. The van der Waals surface area contributed by atoms with Gasteiger partial charge in [0.15, 0.2) is 11.6 Å². The summed E-state index contributed by atoms with van der Waals surface area (Å²) in [5.74, 6) is 1.61. The average Bonchev–Trinajstić information content (AvgIpc) is 3.26. The van der Waals surface area contributed by atoms with Gasteiger partial charge in [0.25, 0.3) is 0 Å². The number of rotatable bonds is 6. The molecule has 120 valence electrons. The van der Waals surface area contributed by atoms with Crippen LogP contribution in [0.15, 0.2) is 37.2 Å². The van der Waals surface area contributed by atoms with E-state index in [0.29, 0.717) is 13.0 Å². The first-order chi connectivity index (χ1) is 11.2. The lowest BCUT2D eigenvalue weighted by Crippen LogP contribution is -2.17. The standard InChI is InChI=1S/C15H19N7O/c1-16-13(23)4-3-7-21-11-12(10-19-21)22-9-6-18-15(22)14-17-5-8-20(14)2/h5-6,8-11H,3-4,7H2,1-2H3,(H,16,23). The topological polar surface area (TPSA) is 82.6 Å². The van der Waals surface area contributed by atoms with Crippen molar-refractivity contribution in [2.45, 2.75) is 19.4 Å². The lowest BCUT2D eigenvalue weighted by atomic mass is 10.3. The molecule has 1 amide bonds. The van der Waals surface area contributed by atoms with Crippen LogP contribution in [0.25, 0.3) is 17.3 Å². The van der Waals surface area contributed by atoms with Crippen molar-refractivity contribution >= 4 is 5.91 Å². The summed E-state index contributed by atoms with van der Waals surface area (Å²) < 4.78 is 5.71. The van der Waals surface area contributed by atoms with Gasteiger partial charge in [-0.2, -0.15) is 5.10 Å². The molecule has 23 heavy (non-hydrogen) atoms. The second-order valence-corrected chi connectivity index (χ2v) is 5.22. The van der Waals surface area contributed by atoms with E-state index in [-0.39, 0.29) is 5.91 Å². The monoisotopic (exact) mass is 313 g/mol. The summed E-state index contributed by atoms with van der Waals surface area (Å²) >= 11 is 0. The molecule has 0 aliphatic heterocycles. The first kappa shape index (κ1) is 15.0. The van der Waals surface area contributed by atoms with E-state index in [1.807, 2.05) is 39.5 Å². The lowest BCUT2D eigenvalue weighted by molar-refractivity contribution is -0.120. The Morgan fingerprint density at radius 3 is 2.74 bits per heavy atom. The number of imidazole rings is 2. The minimum absolute atomic E-state index is 0.0454. The normalized spacial score (nSPS) is 10.9. The van der Waals surface area contributed by atoms with Crippen molar-refractivity contribution in [3.05, 3.63) is 37.2 Å². The Bertz CT molecular complexity index is 798. The van der Waals surface area contributed by atoms with Crippen molar-refractivity contribution in [1.82, 2.24) is 34.2 Å². The quantitative estimate of drug-likeness (QED) is 0.736. The van der Waals surface area contributed by atoms with Crippen molar-refractivity contribution in [3.8, 4) is 17.3 Å². The van der Waals surface area contributed by atoms with Gasteiger partial charge >= 0.3 is 0 Å². The van der Waals surface area contributed by atoms with Gasteiger partial charge < -0.3 is 9.88 Å². The Kier molecular flexibility index (Phi) is 4.22. The van der Waals surface area contributed by atoms with Crippen LogP contribution in [0.5, 0.6) is 0 Å². The van der Waals surface area contributed by atoms with Gasteiger partial charge in [0.05, 0.1) is 11.9 Å². The van der Waals surface area contributed by atoms with Crippen LogP contribution in [-0.4, -0.2) is 41.8 Å². The first-order valence-electron chi connectivity index (χ1n) is 7.43. The molecule has 0 aliphatic rings. The number of aromatic nitrogens is 6. The van der Waals surface area contributed by atoms with Crippen LogP contribution < -0.4 is 5.32 Å². The minimum Gasteiger partial charge on any atom is -0.359 e. The highest BCUT2D eigenvalue weighted by molar-refractivity contribution is 5.75. The Morgan fingerprint density at radius 2 is 2.00 bits per heavy atom. The first-order valence-corrected chi connectivity index (χ1v) is 7.43. The van der Waals surface area contributed by atoms with E-state index in [4.69, 9.17) is 0 Å². The van der Waals surface area contributed by atoms with Gasteiger partial charge in [-0.15, -0.1) is 0 Å². The molecule has 0 atom stereocenters. The summed E-state index contributed by atoms with van der Waals surface area (Å²) in [5, 5.41) is 6.97. The molecule has 0 unspecified atom stereocenters. The number of nitrogens with one attached hydrogen (secondary N) is 1. The maximum Gasteiger partial charge on any atom is 0.219 e. The Hall–Kier alpha value is -2.90. The van der Waals surface area contributed by atoms with Gasteiger partial charge in [-0.3, -0.25) is 14.0 Å². The molecule has 1 N–H and O–H groups in total. The SMILES string of the molecule is CNC(=O)CCCn1cc(-n2ccnc2-c2nccn2C)cn1. The van der Waals surface area contributed by atoms with Gasteiger partial charge in [-0.1, -0.05) is 0 Å². The molecule has 0 radical (unpaired) electrons. The molecule has 3 rings (SSSR count). The zero-order chi connectivity index (χ0) is 16.2. The van der Waals surface area contributed by atoms with Crippen LogP contribution in [0, 0.1) is 0 Å². The molecule has 0 aromatic carbocycles. The van der Waals surface area contributed by atoms with Crippen LogP contribution in [-0.2, 0) is 18.4 Å². The van der Waals surface area contributed by atoms with Crippen molar-refractivity contribution in [2.75, 3.05) is 7.05 Å². The Labute approximate surface area is 133 Å². The van der Waals surface area contributed by atoms with E-state index in [0.717, 1.165) is 23.8 Å². The van der Waals surface area contributed by atoms with Crippen LogP contribution in [0.3, 0.4) is 0 Å². The van der Waals surface area contributed by atoms with Crippen LogP contribution >= 0.6 is 0 Å². The van der Waals surface area contributed by atoms with Gasteiger partial charge in [-0.05, 0) is 6.42 Å². The van der Waals surface area contributed by atoms with Crippen LogP contribution in [0.1, 0.15) is 12.8 Å². The van der Waals surface area contributed by atoms with E-state index in [1.54, 1.807) is 25.6 Å². The van der Waals surface area contributed by atoms with E-state index in [9.17, 15) is 4.79 Å². The molecule has 0 saturated carbocycles. The molecule has 0 aliphatic carbocycles. The molecular weight excluding hydrogens is 294 g/mol. The fourth-order valence-electron chi connectivity index (χ4n) is 2.38. The molecule has 0 spiro atoms. The van der Waals surface area contributed by atoms with E-state index >= 15 is 0 Å². The minimum atomic E-state index is 0.0454. The second-order valence-electron chi connectivity index (χ2n) is 5.22. The maximum absolute atomic E-state index is 11.2. The van der Waals surface area contributed by atoms with Crippen LogP contribution in [0.4, 0.5) is 0 Å². The predicted octanol–water partition coefficient (Wildman–Crippen LogP) is 0.995. The highest BCUT2D eigenvalue weighted by Crippen LogP contribution is 2.19. The largest absolute Gasteiger partial charge is 0.359 e. The highest BCUT2D eigenvalue weighted by atomic mass is 16.1. The summed E-state index contributed by atoms with van der Waals surface area (Å²) in [4.78, 5) is 20.0. The molecule has 3 heterocycles. The number of amides is 1. The molecule has 0 bridgehead atoms. The summed E-state index contributed by atoms with van der Waals surface area (Å²) in [7, 11) is 3.58. The molecule has 0 fully saturated rings. The third-order valence-electron chi connectivity index (χ3n) is 3.63. The third-order valence-corrected chi connectivity index (χ3v) is 3.63. The van der Waals surface area contributed by atoms with Gasteiger partial charge in [0, 0.05) is 58.0 Å². The van der Waals surface area contributed by atoms with Gasteiger partial charge in [-0.25, -0.2) is 9.97 Å². The molecule has 0 saturated heterocycles. The second kappa shape index (κ2) is 6.47. The number of nitrogens with zero attached hydrogens (tertiary/aromatic N) is 6. The molecule has 3 aromatic rings. The average molecular weight is 313 g/mol. The predicted molar refractivity (Wildman–Crippen MR) is 84.9 cm³/mol. The number of carbonyl (C=O) groups is 1. The molecule has 8 heteroatoms. The number of carbonyl (C=O) groups excluding carboxylic acids is 1. The van der Waals surface area contributed by atoms with E-state index in [2.05, 4.69) is 20.4 Å². The van der Waals surface area contributed by atoms with E-state index < -0.39 is 0 Å². The van der Waals surface area contributed by atoms with Crippen molar-refractivity contribution < 1.29 is 4.79 Å². The fraction of sp³-hybridized carbons (Fsp3) is 0.333. The summed E-state index contributed by atoms with van der Waals surface area (Å²) in [6.45, 7) is 0.694. The third kappa shape index (κ3) is 3.15. The lowest BCUT2D eigenvalue weighted by Gasteiger charge is -2.05. The van der Waals surface area contributed by atoms with Crippen molar-refractivity contribution in [1.29, 1.82) is 0 Å². The number of hydrogen-bond donors (Lipinski definition) is 1. The van der Waals surface area contributed by atoms with Gasteiger partial charge in [0.2, 0.25) is 5.91 Å². The maximum atomic E-state index is 11.2. The zero-order valence-electron chi connectivity index (χ0n) is 13.2. The molecular formula is C15H19N7O.